The number of aryl methyl sites for hydroxylation is 1. The summed E-state index contributed by atoms with van der Waals surface area (Å²) in [6.45, 7) is 3.18. The molecular weight excluding hydrogens is 687 g/mol. The largest absolute Gasteiger partial charge is 0.341 e. The summed E-state index contributed by atoms with van der Waals surface area (Å²) in [5.74, 6) is 0. The summed E-state index contributed by atoms with van der Waals surface area (Å²) >= 11 is 0. The average Bonchev–Trinajstić information content (AvgIpc) is 3.62. The fourth-order valence-electron chi connectivity index (χ4n) is 7.58. The Hall–Kier alpha value is -7.22. The van der Waals surface area contributed by atoms with Crippen molar-refractivity contribution < 1.29 is 0 Å². The predicted octanol–water partition coefficient (Wildman–Crippen LogP) is 14.9. The van der Waals surface area contributed by atoms with Gasteiger partial charge in [0.2, 0.25) is 0 Å². The van der Waals surface area contributed by atoms with E-state index in [1.807, 2.05) is 0 Å². The molecule has 0 aliphatic heterocycles. The van der Waals surface area contributed by atoms with Crippen LogP contribution in [0.2, 0.25) is 0 Å². The number of allylic oxidation sites excluding steroid dienone is 2. The van der Waals surface area contributed by atoms with Crippen LogP contribution < -0.4 is 0 Å². The van der Waals surface area contributed by atoms with Crippen molar-refractivity contribution >= 4 is 45.1 Å². The van der Waals surface area contributed by atoms with Gasteiger partial charge >= 0.3 is 0 Å². The number of hydrogen-bond acceptors (Lipinski definition) is 0. The Labute approximate surface area is 336 Å². The summed E-state index contributed by atoms with van der Waals surface area (Å²) in [5.41, 5.74) is 14.8. The third kappa shape index (κ3) is 8.54. The van der Waals surface area contributed by atoms with Crippen molar-refractivity contribution in [3.63, 3.8) is 0 Å². The third-order valence-electron chi connectivity index (χ3n) is 10.4. The molecule has 1 aromatic heterocycles. The molecule has 0 saturated carbocycles. The molecule has 0 unspecified atom stereocenters. The number of nitrogens with zero attached hydrogens (tertiary/aromatic N) is 1. The van der Waals surface area contributed by atoms with E-state index in [0.717, 1.165) is 6.54 Å². The van der Waals surface area contributed by atoms with Gasteiger partial charge < -0.3 is 4.57 Å². The van der Waals surface area contributed by atoms with E-state index in [4.69, 9.17) is 0 Å². The van der Waals surface area contributed by atoms with Gasteiger partial charge in [-0.15, -0.1) is 0 Å². The maximum Gasteiger partial charge on any atom is 0.0491 e. The maximum atomic E-state index is 2.39. The lowest BCUT2D eigenvalue weighted by atomic mass is 9.94. The normalized spacial score (nSPS) is 10.9. The molecule has 0 aliphatic rings. The maximum absolute atomic E-state index is 2.39. The summed E-state index contributed by atoms with van der Waals surface area (Å²) in [5, 5.41) is 2.64. The molecule has 0 N–H and O–H groups in total. The SMILES string of the molecule is C(C=C(c1ccccc1)c1ccccc1)=C(c1ccccc1)c1ccccc1.CCn1c2ccccc2c2cc(/C=C/c3ccccc3-c3ccccc3)ccc21. The van der Waals surface area contributed by atoms with Gasteiger partial charge in [0.1, 0.15) is 0 Å². The van der Waals surface area contributed by atoms with Crippen molar-refractivity contribution in [2.24, 2.45) is 0 Å². The van der Waals surface area contributed by atoms with Crippen LogP contribution >= 0.6 is 0 Å². The van der Waals surface area contributed by atoms with Crippen LogP contribution in [-0.4, -0.2) is 4.57 Å². The Morgan fingerprint density at radius 3 is 1.37 bits per heavy atom. The highest BCUT2D eigenvalue weighted by atomic mass is 15.0. The number of hydrogen-bond donors (Lipinski definition) is 0. The number of benzene rings is 8. The van der Waals surface area contributed by atoms with Gasteiger partial charge in [0.15, 0.2) is 0 Å². The van der Waals surface area contributed by atoms with Gasteiger partial charge in [0.05, 0.1) is 0 Å². The number of aromatic nitrogens is 1. The molecule has 0 bridgehead atoms. The van der Waals surface area contributed by atoms with Crippen molar-refractivity contribution in [2.45, 2.75) is 13.5 Å². The molecule has 9 rings (SSSR count). The highest BCUT2D eigenvalue weighted by Gasteiger charge is 2.10. The van der Waals surface area contributed by atoms with Crippen molar-refractivity contribution in [1.29, 1.82) is 0 Å². The molecule has 0 atom stereocenters. The fourth-order valence-corrected chi connectivity index (χ4v) is 7.58. The lowest BCUT2D eigenvalue weighted by molar-refractivity contribution is 0.827. The molecule has 1 heteroatoms. The molecule has 0 spiro atoms. The van der Waals surface area contributed by atoms with Crippen molar-refractivity contribution in [3.05, 3.63) is 264 Å². The first kappa shape index (κ1) is 36.7. The molecule has 0 radical (unpaired) electrons. The number of fused-ring (bicyclic) bond motifs is 3. The minimum absolute atomic E-state index is 0.976. The topological polar surface area (TPSA) is 4.93 Å². The zero-order chi connectivity index (χ0) is 38.7. The monoisotopic (exact) mass is 731 g/mol. The van der Waals surface area contributed by atoms with Gasteiger partial charge in [-0.3, -0.25) is 0 Å². The van der Waals surface area contributed by atoms with E-state index >= 15 is 0 Å². The molecule has 57 heavy (non-hydrogen) atoms. The van der Waals surface area contributed by atoms with Crippen LogP contribution in [0.3, 0.4) is 0 Å². The quantitative estimate of drug-likeness (QED) is 0.103. The van der Waals surface area contributed by atoms with E-state index in [2.05, 4.69) is 254 Å². The summed E-state index contributed by atoms with van der Waals surface area (Å²) in [4.78, 5) is 0. The molecule has 1 nitrogen and oxygen atoms in total. The number of para-hydroxylation sites is 1. The molecular formula is C56H45N. The number of rotatable bonds is 9. The molecule has 1 heterocycles. The van der Waals surface area contributed by atoms with Crippen molar-refractivity contribution in [1.82, 2.24) is 4.57 Å². The smallest absolute Gasteiger partial charge is 0.0491 e. The van der Waals surface area contributed by atoms with E-state index in [1.54, 1.807) is 0 Å². The first-order valence-corrected chi connectivity index (χ1v) is 19.7. The van der Waals surface area contributed by atoms with Crippen LogP contribution in [0, 0.1) is 0 Å². The average molecular weight is 732 g/mol. The molecule has 0 saturated heterocycles. The van der Waals surface area contributed by atoms with Gasteiger partial charge in [-0.25, -0.2) is 0 Å². The highest BCUT2D eigenvalue weighted by molar-refractivity contribution is 6.08. The van der Waals surface area contributed by atoms with Crippen LogP contribution in [0.4, 0.5) is 0 Å². The Morgan fingerprint density at radius 2 is 0.842 bits per heavy atom. The summed E-state index contributed by atoms with van der Waals surface area (Å²) < 4.78 is 2.39. The Balaban J connectivity index is 0.000000160. The van der Waals surface area contributed by atoms with Crippen LogP contribution in [0.25, 0.3) is 56.2 Å². The standard InChI is InChI=1S/C28H23N.C28H22/c1-2-29-27-15-9-8-14-25(27)26-20-21(17-19-28(26)29)16-18-23-12-6-7-13-24(23)22-10-4-3-5-11-22;1-5-13-23(14-6-1)27(24-15-7-2-8-16-24)21-22-28(25-17-9-3-10-18-25)26-19-11-4-12-20-26/h3-20H,2H2,1H3;1-22H/b18-16+;. The summed E-state index contributed by atoms with van der Waals surface area (Å²) in [6.07, 6.45) is 8.92. The van der Waals surface area contributed by atoms with Crippen LogP contribution in [0.5, 0.6) is 0 Å². The molecule has 0 fully saturated rings. The zero-order valence-corrected chi connectivity index (χ0v) is 32.2. The Morgan fingerprint density at radius 1 is 0.404 bits per heavy atom. The summed E-state index contributed by atoms with van der Waals surface area (Å²) in [6, 6.07) is 76.9. The van der Waals surface area contributed by atoms with E-state index in [1.165, 1.54) is 77.5 Å². The van der Waals surface area contributed by atoms with Gasteiger partial charge in [0, 0.05) is 28.4 Å². The molecule has 9 aromatic rings. The first-order chi connectivity index (χ1) is 28.3. The minimum atomic E-state index is 0.976. The van der Waals surface area contributed by atoms with Crippen LogP contribution in [0.1, 0.15) is 40.3 Å². The lowest BCUT2D eigenvalue weighted by Crippen LogP contribution is -1.92. The second-order valence-electron chi connectivity index (χ2n) is 13.9. The van der Waals surface area contributed by atoms with Gasteiger partial charge in [0.25, 0.3) is 0 Å². The van der Waals surface area contributed by atoms with E-state index in [9.17, 15) is 0 Å². The lowest BCUT2D eigenvalue weighted by Gasteiger charge is -2.10. The molecule has 0 aliphatic carbocycles. The van der Waals surface area contributed by atoms with E-state index in [-0.39, 0.29) is 0 Å². The Kier molecular flexibility index (Phi) is 11.6. The molecule has 0 amide bonds. The van der Waals surface area contributed by atoms with Gasteiger partial charge in [-0.05, 0) is 80.8 Å². The van der Waals surface area contributed by atoms with E-state index in [0.29, 0.717) is 0 Å². The highest BCUT2D eigenvalue weighted by Crippen LogP contribution is 2.32. The second-order valence-corrected chi connectivity index (χ2v) is 13.9. The van der Waals surface area contributed by atoms with Crippen molar-refractivity contribution in [3.8, 4) is 11.1 Å². The van der Waals surface area contributed by atoms with Gasteiger partial charge in [-0.1, -0.05) is 224 Å². The van der Waals surface area contributed by atoms with Gasteiger partial charge in [-0.2, -0.15) is 0 Å². The van der Waals surface area contributed by atoms with Crippen LogP contribution in [0.15, 0.2) is 231 Å². The summed E-state index contributed by atoms with van der Waals surface area (Å²) in [7, 11) is 0. The Bertz CT molecular complexity index is 2600. The second kappa shape index (κ2) is 17.9. The minimum Gasteiger partial charge on any atom is -0.341 e. The van der Waals surface area contributed by atoms with Crippen molar-refractivity contribution in [2.75, 3.05) is 0 Å². The third-order valence-corrected chi connectivity index (χ3v) is 10.4. The zero-order valence-electron chi connectivity index (χ0n) is 32.2. The fraction of sp³-hybridized carbons (Fsp3) is 0.0357. The first-order valence-electron chi connectivity index (χ1n) is 19.7. The molecule has 274 valence electrons. The van der Waals surface area contributed by atoms with E-state index < -0.39 is 0 Å². The van der Waals surface area contributed by atoms with Crippen LogP contribution in [-0.2, 0) is 6.54 Å². The predicted molar refractivity (Wildman–Crippen MR) is 246 cm³/mol. The molecule has 8 aromatic carbocycles.